The fourth-order valence-electron chi connectivity index (χ4n) is 2.06. The lowest BCUT2D eigenvalue weighted by atomic mass is 10.1. The Morgan fingerprint density at radius 2 is 1.64 bits per heavy atom. The minimum absolute atomic E-state index is 0.0214. The van der Waals surface area contributed by atoms with Gasteiger partial charge in [0.05, 0.1) is 6.61 Å². The number of alkyl halides is 3. The average Bonchev–Trinajstić information content (AvgIpc) is 2.60. The number of thioether (sulfide) groups is 1. The first-order valence-corrected chi connectivity index (χ1v) is 8.52. The van der Waals surface area contributed by atoms with Crippen LogP contribution >= 0.6 is 11.8 Å². The van der Waals surface area contributed by atoms with E-state index in [9.17, 15) is 18.0 Å². The van der Waals surface area contributed by atoms with Crippen molar-refractivity contribution >= 4 is 17.7 Å². The van der Waals surface area contributed by atoms with Crippen molar-refractivity contribution in [2.24, 2.45) is 0 Å². The molecule has 0 aromatic heterocycles. The molecule has 0 aliphatic rings. The Bertz CT molecular complexity index is 650. The van der Waals surface area contributed by atoms with Gasteiger partial charge in [-0.25, -0.2) is 0 Å². The fraction of sp³-hybridized carbons (Fsp3) is 0.278. The van der Waals surface area contributed by atoms with Crippen LogP contribution in [-0.4, -0.2) is 31.8 Å². The molecule has 134 valence electrons. The first-order chi connectivity index (χ1) is 12.0. The van der Waals surface area contributed by atoms with Gasteiger partial charge in [-0.1, -0.05) is 48.5 Å². The van der Waals surface area contributed by atoms with Crippen LogP contribution in [-0.2, 0) is 9.53 Å². The lowest BCUT2D eigenvalue weighted by Crippen LogP contribution is -2.31. The third kappa shape index (κ3) is 7.19. The summed E-state index contributed by atoms with van der Waals surface area (Å²) in [5.74, 6) is -0.268. The van der Waals surface area contributed by atoms with Crippen LogP contribution in [0.3, 0.4) is 0 Å². The van der Waals surface area contributed by atoms with Gasteiger partial charge in [-0.15, -0.1) is 11.8 Å². The van der Waals surface area contributed by atoms with Gasteiger partial charge in [0.1, 0.15) is 11.9 Å². The second kappa shape index (κ2) is 9.48. The molecule has 0 saturated carbocycles. The standard InChI is InChI=1S/C18H18F3NO2S/c19-18(20,21)13-24-12-11-22-17(23)16(14-7-3-1-4-8-14)25-15-9-5-2-6-10-15/h1-10,16H,11-13H2,(H,22,23). The van der Waals surface area contributed by atoms with Crippen molar-refractivity contribution in [2.75, 3.05) is 19.8 Å². The molecule has 0 spiro atoms. The summed E-state index contributed by atoms with van der Waals surface area (Å²) < 4.78 is 40.6. The van der Waals surface area contributed by atoms with Crippen LogP contribution in [0.1, 0.15) is 10.8 Å². The fourth-order valence-corrected chi connectivity index (χ4v) is 3.13. The van der Waals surface area contributed by atoms with Gasteiger partial charge in [-0.05, 0) is 17.7 Å². The molecule has 0 aliphatic heterocycles. The van der Waals surface area contributed by atoms with Crippen LogP contribution in [0.15, 0.2) is 65.6 Å². The molecule has 1 amide bonds. The Hall–Kier alpha value is -1.99. The monoisotopic (exact) mass is 369 g/mol. The van der Waals surface area contributed by atoms with Gasteiger partial charge in [0.25, 0.3) is 0 Å². The van der Waals surface area contributed by atoms with E-state index in [1.54, 1.807) is 0 Å². The van der Waals surface area contributed by atoms with Gasteiger partial charge in [0.15, 0.2) is 0 Å². The van der Waals surface area contributed by atoms with Gasteiger partial charge in [0, 0.05) is 11.4 Å². The topological polar surface area (TPSA) is 38.3 Å². The largest absolute Gasteiger partial charge is 0.411 e. The van der Waals surface area contributed by atoms with Crippen molar-refractivity contribution in [1.29, 1.82) is 0 Å². The Balaban J connectivity index is 1.94. The van der Waals surface area contributed by atoms with Crippen molar-refractivity contribution in [2.45, 2.75) is 16.3 Å². The molecular formula is C18H18F3NO2S. The molecule has 1 N–H and O–H groups in total. The molecule has 0 heterocycles. The van der Waals surface area contributed by atoms with Crippen molar-refractivity contribution in [3.05, 3.63) is 66.2 Å². The molecule has 2 rings (SSSR count). The Labute approximate surface area is 148 Å². The number of hydrogen-bond donors (Lipinski definition) is 1. The maximum atomic E-state index is 12.5. The number of rotatable bonds is 8. The summed E-state index contributed by atoms with van der Waals surface area (Å²) >= 11 is 1.39. The van der Waals surface area contributed by atoms with Crippen LogP contribution in [0.2, 0.25) is 0 Å². The van der Waals surface area contributed by atoms with Gasteiger partial charge < -0.3 is 10.1 Å². The molecule has 3 nitrogen and oxygen atoms in total. The summed E-state index contributed by atoms with van der Waals surface area (Å²) in [4.78, 5) is 13.4. The van der Waals surface area contributed by atoms with Gasteiger partial charge in [-0.3, -0.25) is 4.79 Å². The summed E-state index contributed by atoms with van der Waals surface area (Å²) in [6.45, 7) is -1.49. The summed E-state index contributed by atoms with van der Waals surface area (Å²) in [6, 6.07) is 18.7. The highest BCUT2D eigenvalue weighted by molar-refractivity contribution is 8.00. The molecule has 2 aromatic rings. The lowest BCUT2D eigenvalue weighted by Gasteiger charge is -2.17. The van der Waals surface area contributed by atoms with E-state index in [1.807, 2.05) is 60.7 Å². The minimum Gasteiger partial charge on any atom is -0.370 e. The number of hydrogen-bond acceptors (Lipinski definition) is 3. The van der Waals surface area contributed by atoms with Crippen LogP contribution in [0.5, 0.6) is 0 Å². The van der Waals surface area contributed by atoms with E-state index in [1.165, 1.54) is 11.8 Å². The van der Waals surface area contributed by atoms with Crippen molar-refractivity contribution in [3.8, 4) is 0 Å². The second-order valence-electron chi connectivity index (χ2n) is 5.18. The van der Waals surface area contributed by atoms with E-state index >= 15 is 0 Å². The lowest BCUT2D eigenvalue weighted by molar-refractivity contribution is -0.173. The maximum Gasteiger partial charge on any atom is 0.411 e. The highest BCUT2D eigenvalue weighted by Gasteiger charge is 2.27. The normalized spacial score (nSPS) is 12.6. The number of carbonyl (C=O) groups excluding carboxylic acids is 1. The maximum absolute atomic E-state index is 12.5. The number of amides is 1. The van der Waals surface area contributed by atoms with Crippen LogP contribution in [0.25, 0.3) is 0 Å². The summed E-state index contributed by atoms with van der Waals surface area (Å²) in [6.07, 6.45) is -4.36. The highest BCUT2D eigenvalue weighted by atomic mass is 32.2. The van der Waals surface area contributed by atoms with E-state index in [4.69, 9.17) is 0 Å². The zero-order chi connectivity index (χ0) is 18.1. The second-order valence-corrected chi connectivity index (χ2v) is 6.36. The molecule has 0 aliphatic carbocycles. The van der Waals surface area contributed by atoms with E-state index in [0.717, 1.165) is 10.5 Å². The minimum atomic E-state index is -4.36. The first-order valence-electron chi connectivity index (χ1n) is 7.64. The third-order valence-corrected chi connectivity index (χ3v) is 4.42. The van der Waals surface area contributed by atoms with Crippen LogP contribution in [0.4, 0.5) is 13.2 Å². The Morgan fingerprint density at radius 3 is 2.24 bits per heavy atom. The Kier molecular flexibility index (Phi) is 7.33. The number of ether oxygens (including phenoxy) is 1. The number of halogens is 3. The zero-order valence-corrected chi connectivity index (χ0v) is 14.1. The summed E-state index contributed by atoms with van der Waals surface area (Å²) in [7, 11) is 0. The highest BCUT2D eigenvalue weighted by Crippen LogP contribution is 2.35. The van der Waals surface area contributed by atoms with Gasteiger partial charge in [0.2, 0.25) is 5.91 Å². The molecule has 1 atom stereocenters. The van der Waals surface area contributed by atoms with Crippen LogP contribution < -0.4 is 5.32 Å². The number of benzene rings is 2. The molecule has 0 bridgehead atoms. The molecule has 7 heteroatoms. The number of nitrogens with one attached hydrogen (secondary N) is 1. The Morgan fingerprint density at radius 1 is 1.04 bits per heavy atom. The molecule has 2 aromatic carbocycles. The summed E-state index contributed by atoms with van der Waals surface area (Å²) in [5, 5.41) is 2.14. The average molecular weight is 369 g/mol. The van der Waals surface area contributed by atoms with Gasteiger partial charge in [-0.2, -0.15) is 13.2 Å². The summed E-state index contributed by atoms with van der Waals surface area (Å²) in [5.41, 5.74) is 0.824. The smallest absolute Gasteiger partial charge is 0.370 e. The van der Waals surface area contributed by atoms with E-state index in [2.05, 4.69) is 10.1 Å². The van der Waals surface area contributed by atoms with Crippen molar-refractivity contribution < 1.29 is 22.7 Å². The van der Waals surface area contributed by atoms with Crippen molar-refractivity contribution in [1.82, 2.24) is 5.32 Å². The van der Waals surface area contributed by atoms with E-state index < -0.39 is 18.0 Å². The first kappa shape index (κ1) is 19.3. The van der Waals surface area contributed by atoms with E-state index in [0.29, 0.717) is 0 Å². The van der Waals surface area contributed by atoms with Crippen molar-refractivity contribution in [3.63, 3.8) is 0 Å². The third-order valence-electron chi connectivity index (χ3n) is 3.15. The molecular weight excluding hydrogens is 351 g/mol. The van der Waals surface area contributed by atoms with E-state index in [-0.39, 0.29) is 19.1 Å². The quantitative estimate of drug-likeness (QED) is 0.559. The zero-order valence-electron chi connectivity index (χ0n) is 13.3. The molecule has 0 fully saturated rings. The number of carbonyl (C=O) groups is 1. The molecule has 0 radical (unpaired) electrons. The molecule has 25 heavy (non-hydrogen) atoms. The van der Waals surface area contributed by atoms with Crippen LogP contribution in [0, 0.1) is 0 Å². The predicted octanol–water partition coefficient (Wildman–Crippen LogP) is 4.22. The predicted molar refractivity (Wildman–Crippen MR) is 91.4 cm³/mol. The van der Waals surface area contributed by atoms with Gasteiger partial charge >= 0.3 is 6.18 Å². The SMILES string of the molecule is O=C(NCCOCC(F)(F)F)C(Sc1ccccc1)c1ccccc1. The molecule has 0 saturated heterocycles. The molecule has 1 unspecified atom stereocenters.